The van der Waals surface area contributed by atoms with E-state index in [1.54, 1.807) is 4.90 Å². The quantitative estimate of drug-likeness (QED) is 0.863. The van der Waals surface area contributed by atoms with Crippen molar-refractivity contribution in [3.05, 3.63) is 59.7 Å². The third-order valence-corrected chi connectivity index (χ3v) is 5.20. The van der Waals surface area contributed by atoms with Crippen molar-refractivity contribution < 1.29 is 9.59 Å². The van der Waals surface area contributed by atoms with Gasteiger partial charge in [0.05, 0.1) is 5.92 Å². The highest BCUT2D eigenvalue weighted by Gasteiger charge is 2.35. The van der Waals surface area contributed by atoms with Crippen LogP contribution in [-0.2, 0) is 9.59 Å². The van der Waals surface area contributed by atoms with Gasteiger partial charge in [-0.2, -0.15) is 0 Å². The fraction of sp³-hybridized carbons (Fsp3) is 0.364. The number of hydrogen-bond donors (Lipinski definition) is 1. The maximum Gasteiger partial charge on any atom is 0.229 e. The summed E-state index contributed by atoms with van der Waals surface area (Å²) in [4.78, 5) is 26.6. The van der Waals surface area contributed by atoms with Crippen LogP contribution in [0.2, 0.25) is 0 Å². The molecule has 2 amide bonds. The highest BCUT2D eigenvalue weighted by molar-refractivity contribution is 6.03. The van der Waals surface area contributed by atoms with E-state index in [1.165, 1.54) is 5.56 Å². The molecule has 1 fully saturated rings. The lowest BCUT2D eigenvalue weighted by Crippen LogP contribution is -2.28. The number of rotatable bonds is 5. The molecule has 2 aromatic rings. The second-order valence-corrected chi connectivity index (χ2v) is 7.16. The van der Waals surface area contributed by atoms with Crippen molar-refractivity contribution in [3.8, 4) is 0 Å². The molecule has 1 saturated heterocycles. The highest BCUT2D eigenvalue weighted by Crippen LogP contribution is 2.27. The van der Waals surface area contributed by atoms with Crippen molar-refractivity contribution in [2.75, 3.05) is 16.8 Å². The Hall–Kier alpha value is -2.62. The van der Waals surface area contributed by atoms with E-state index >= 15 is 0 Å². The molecule has 2 aromatic carbocycles. The smallest absolute Gasteiger partial charge is 0.229 e. The number of benzene rings is 2. The van der Waals surface area contributed by atoms with E-state index in [-0.39, 0.29) is 24.2 Å². The van der Waals surface area contributed by atoms with Crippen LogP contribution in [0.3, 0.4) is 0 Å². The molecule has 1 aliphatic heterocycles. The summed E-state index contributed by atoms with van der Waals surface area (Å²) in [7, 11) is 0. The molecule has 0 aromatic heterocycles. The molecule has 1 N–H and O–H groups in total. The van der Waals surface area contributed by atoms with Crippen LogP contribution >= 0.6 is 0 Å². The van der Waals surface area contributed by atoms with E-state index in [4.69, 9.17) is 0 Å². The van der Waals surface area contributed by atoms with E-state index in [1.807, 2.05) is 43.3 Å². The monoisotopic (exact) mass is 350 g/mol. The summed E-state index contributed by atoms with van der Waals surface area (Å²) in [5.74, 6) is 0.0960. The molecule has 4 nitrogen and oxygen atoms in total. The average molecular weight is 350 g/mol. The summed E-state index contributed by atoms with van der Waals surface area (Å²) in [6.07, 6.45) is 1.34. The molecule has 1 heterocycles. The van der Waals surface area contributed by atoms with Gasteiger partial charge in [-0.3, -0.25) is 9.59 Å². The minimum Gasteiger partial charge on any atom is -0.326 e. The van der Waals surface area contributed by atoms with Crippen LogP contribution in [0.1, 0.15) is 43.7 Å². The van der Waals surface area contributed by atoms with Crippen molar-refractivity contribution in [2.24, 2.45) is 5.92 Å². The predicted octanol–water partition coefficient (Wildman–Crippen LogP) is 4.50. The van der Waals surface area contributed by atoms with Crippen LogP contribution in [0.25, 0.3) is 0 Å². The number of nitrogens with zero attached hydrogens (tertiary/aromatic N) is 1. The third kappa shape index (κ3) is 3.96. The lowest BCUT2D eigenvalue weighted by molar-refractivity contribution is -0.122. The molecule has 0 unspecified atom stereocenters. The van der Waals surface area contributed by atoms with Gasteiger partial charge in [0.15, 0.2) is 0 Å². The Morgan fingerprint density at radius 3 is 2.42 bits per heavy atom. The minimum absolute atomic E-state index is 0.00104. The number of nitrogens with one attached hydrogen (secondary N) is 1. The lowest BCUT2D eigenvalue weighted by atomic mass is 9.98. The first kappa shape index (κ1) is 18.2. The Morgan fingerprint density at radius 1 is 1.15 bits per heavy atom. The maximum atomic E-state index is 12.6. The van der Waals surface area contributed by atoms with Gasteiger partial charge < -0.3 is 10.2 Å². The molecule has 26 heavy (non-hydrogen) atoms. The zero-order valence-corrected chi connectivity index (χ0v) is 15.7. The van der Waals surface area contributed by atoms with Crippen LogP contribution < -0.4 is 10.2 Å². The van der Waals surface area contributed by atoms with Crippen molar-refractivity contribution in [1.29, 1.82) is 0 Å². The number of amides is 2. The number of carbonyl (C=O) groups excluding carboxylic acids is 2. The second-order valence-electron chi connectivity index (χ2n) is 7.16. The van der Waals surface area contributed by atoms with Gasteiger partial charge in [0, 0.05) is 24.3 Å². The topological polar surface area (TPSA) is 49.4 Å². The molecule has 3 rings (SSSR count). The predicted molar refractivity (Wildman–Crippen MR) is 105 cm³/mol. The molecule has 0 aliphatic carbocycles. The first-order valence-electron chi connectivity index (χ1n) is 9.25. The van der Waals surface area contributed by atoms with Gasteiger partial charge in [0.2, 0.25) is 11.8 Å². The lowest BCUT2D eigenvalue weighted by Gasteiger charge is -2.17. The van der Waals surface area contributed by atoms with Crippen LogP contribution in [0.5, 0.6) is 0 Å². The number of aryl methyl sites for hydroxylation is 1. The average Bonchev–Trinajstić information content (AvgIpc) is 3.04. The number of hydrogen-bond acceptors (Lipinski definition) is 2. The number of anilines is 2. The molecule has 0 radical (unpaired) electrons. The summed E-state index contributed by atoms with van der Waals surface area (Å²) in [6.45, 7) is 6.80. The van der Waals surface area contributed by atoms with Crippen LogP contribution in [0.15, 0.2) is 48.5 Å². The molecule has 0 saturated carbocycles. The van der Waals surface area contributed by atoms with Crippen LogP contribution in [0.4, 0.5) is 11.4 Å². The molecule has 136 valence electrons. The third-order valence-electron chi connectivity index (χ3n) is 5.20. The Kier molecular flexibility index (Phi) is 5.40. The van der Waals surface area contributed by atoms with E-state index in [2.05, 4.69) is 31.3 Å². The normalized spacial score (nSPS) is 18.0. The highest BCUT2D eigenvalue weighted by atomic mass is 16.2. The van der Waals surface area contributed by atoms with Gasteiger partial charge in [-0.15, -0.1) is 0 Å². The zero-order valence-electron chi connectivity index (χ0n) is 15.7. The molecular formula is C22H26N2O2. The first-order chi connectivity index (χ1) is 12.5. The summed E-state index contributed by atoms with van der Waals surface area (Å²) in [5, 5.41) is 2.95. The van der Waals surface area contributed by atoms with Gasteiger partial charge in [-0.05, 0) is 49.1 Å². The first-order valence-corrected chi connectivity index (χ1v) is 9.25. The molecule has 2 atom stereocenters. The Balaban J connectivity index is 1.63. The van der Waals surface area contributed by atoms with Crippen molar-refractivity contribution in [1.82, 2.24) is 0 Å². The molecule has 0 spiro atoms. The van der Waals surface area contributed by atoms with Crippen molar-refractivity contribution in [3.63, 3.8) is 0 Å². The molecule has 0 bridgehead atoms. The van der Waals surface area contributed by atoms with Crippen molar-refractivity contribution in [2.45, 2.75) is 39.5 Å². The van der Waals surface area contributed by atoms with E-state index < -0.39 is 0 Å². The maximum absolute atomic E-state index is 12.6. The van der Waals surface area contributed by atoms with E-state index in [0.717, 1.165) is 23.4 Å². The second kappa shape index (κ2) is 7.73. The van der Waals surface area contributed by atoms with Gasteiger partial charge >= 0.3 is 0 Å². The Morgan fingerprint density at radius 2 is 1.81 bits per heavy atom. The van der Waals surface area contributed by atoms with Gasteiger partial charge in [-0.25, -0.2) is 0 Å². The zero-order chi connectivity index (χ0) is 18.7. The van der Waals surface area contributed by atoms with E-state index in [0.29, 0.717) is 12.5 Å². The van der Waals surface area contributed by atoms with Crippen molar-refractivity contribution >= 4 is 23.2 Å². The number of carbonyl (C=O) groups is 2. The van der Waals surface area contributed by atoms with Crippen LogP contribution in [0, 0.1) is 12.8 Å². The SMILES string of the molecule is CC[C@H](C)c1ccc(NC(=O)[C@@H]2CC(=O)N(c3ccc(C)cc3)C2)cc1. The summed E-state index contributed by atoms with van der Waals surface area (Å²) in [5.41, 5.74) is 4.06. The Bertz CT molecular complexity index is 781. The van der Waals surface area contributed by atoms with E-state index in [9.17, 15) is 9.59 Å². The fourth-order valence-electron chi connectivity index (χ4n) is 3.23. The van der Waals surface area contributed by atoms with Gasteiger partial charge in [0.1, 0.15) is 0 Å². The summed E-state index contributed by atoms with van der Waals surface area (Å²) < 4.78 is 0. The van der Waals surface area contributed by atoms with Gasteiger partial charge in [0.25, 0.3) is 0 Å². The van der Waals surface area contributed by atoms with Crippen LogP contribution in [-0.4, -0.2) is 18.4 Å². The molecular weight excluding hydrogens is 324 g/mol. The fourth-order valence-corrected chi connectivity index (χ4v) is 3.23. The molecule has 4 heteroatoms. The van der Waals surface area contributed by atoms with Gasteiger partial charge in [-0.1, -0.05) is 43.7 Å². The standard InChI is InChI=1S/C22H26N2O2/c1-4-16(3)17-7-9-19(10-8-17)23-22(26)18-13-21(25)24(14-18)20-11-5-15(2)6-12-20/h5-12,16,18H,4,13-14H2,1-3H3,(H,23,26)/t16-,18+/m0/s1. The summed E-state index contributed by atoms with van der Waals surface area (Å²) >= 11 is 0. The Labute approximate surface area is 155 Å². The largest absolute Gasteiger partial charge is 0.326 e. The molecule has 1 aliphatic rings. The summed E-state index contributed by atoms with van der Waals surface area (Å²) in [6, 6.07) is 15.8. The minimum atomic E-state index is -0.321.